The third-order valence-electron chi connectivity index (χ3n) is 8.44. The van der Waals surface area contributed by atoms with Crippen molar-refractivity contribution in [1.29, 1.82) is 0 Å². The molecule has 1 amide bonds. The predicted molar refractivity (Wildman–Crippen MR) is 164 cm³/mol. The molecule has 0 radical (unpaired) electrons. The van der Waals surface area contributed by atoms with E-state index < -0.39 is 0 Å². The maximum atomic E-state index is 11.7. The van der Waals surface area contributed by atoms with Crippen LogP contribution in [0.5, 0.6) is 0 Å². The SMILES string of the molecule is Cc1c[nH]c2cccc(-c3nc4c(c(N5CCN(CC(N)=O)C(C)C5)n3)CN(c3c(Cl)c(C(C)C)nn3C)CC4)c12. The fraction of sp³-hybridized carbons (Fsp3) is 0.467. The van der Waals surface area contributed by atoms with Crippen LogP contribution in [-0.2, 0) is 24.8 Å². The minimum Gasteiger partial charge on any atom is -0.369 e. The summed E-state index contributed by atoms with van der Waals surface area (Å²) in [7, 11) is 1.96. The topological polar surface area (TPSA) is 112 Å². The van der Waals surface area contributed by atoms with Gasteiger partial charge >= 0.3 is 0 Å². The lowest BCUT2D eigenvalue weighted by molar-refractivity contribution is -0.119. The Bertz CT molecular complexity index is 1620. The van der Waals surface area contributed by atoms with Crippen LogP contribution in [0.2, 0.25) is 5.02 Å². The average Bonchev–Trinajstić information content (AvgIpc) is 3.47. The summed E-state index contributed by atoms with van der Waals surface area (Å²) in [5.41, 5.74) is 11.9. The summed E-state index contributed by atoms with van der Waals surface area (Å²) >= 11 is 6.90. The third kappa shape index (κ3) is 4.93. The van der Waals surface area contributed by atoms with E-state index >= 15 is 0 Å². The Hall–Kier alpha value is -3.63. The molecule has 2 aliphatic heterocycles. The second kappa shape index (κ2) is 10.6. The second-order valence-corrected chi connectivity index (χ2v) is 12.1. The molecular formula is C30H38ClN9O. The highest BCUT2D eigenvalue weighted by Gasteiger charge is 2.32. The molecule has 1 saturated heterocycles. The van der Waals surface area contributed by atoms with Gasteiger partial charge in [0.15, 0.2) is 5.82 Å². The molecule has 5 heterocycles. The molecule has 0 bridgehead atoms. The lowest BCUT2D eigenvalue weighted by Gasteiger charge is -2.41. The Morgan fingerprint density at radius 1 is 1.20 bits per heavy atom. The summed E-state index contributed by atoms with van der Waals surface area (Å²) in [4.78, 5) is 32.3. The quantitative estimate of drug-likeness (QED) is 0.357. The molecule has 0 aliphatic carbocycles. The zero-order valence-corrected chi connectivity index (χ0v) is 25.2. The summed E-state index contributed by atoms with van der Waals surface area (Å²) in [6.45, 7) is 12.4. The van der Waals surface area contributed by atoms with Gasteiger partial charge in [-0.25, -0.2) is 9.97 Å². The molecule has 0 spiro atoms. The number of nitrogens with two attached hydrogens (primary N) is 1. The monoisotopic (exact) mass is 575 g/mol. The number of aromatic amines is 1. The molecule has 0 saturated carbocycles. The van der Waals surface area contributed by atoms with Gasteiger partial charge in [0, 0.05) is 80.5 Å². The van der Waals surface area contributed by atoms with Crippen molar-refractivity contribution in [2.24, 2.45) is 12.8 Å². The van der Waals surface area contributed by atoms with Gasteiger partial charge in [-0.3, -0.25) is 14.4 Å². The lowest BCUT2D eigenvalue weighted by atomic mass is 10.0. The molecule has 6 rings (SSSR count). The number of halogens is 1. The van der Waals surface area contributed by atoms with Gasteiger partial charge in [-0.15, -0.1) is 0 Å². The van der Waals surface area contributed by atoms with Crippen LogP contribution in [0.1, 0.15) is 49.2 Å². The summed E-state index contributed by atoms with van der Waals surface area (Å²) in [6.07, 6.45) is 2.81. The highest BCUT2D eigenvalue weighted by Crippen LogP contribution is 2.38. The van der Waals surface area contributed by atoms with Crippen molar-refractivity contribution in [3.63, 3.8) is 0 Å². The van der Waals surface area contributed by atoms with E-state index in [4.69, 9.17) is 32.4 Å². The van der Waals surface area contributed by atoms with Crippen molar-refractivity contribution in [1.82, 2.24) is 29.6 Å². The molecule has 3 N–H and O–H groups in total. The van der Waals surface area contributed by atoms with Gasteiger partial charge < -0.3 is 20.5 Å². The van der Waals surface area contributed by atoms with Crippen LogP contribution in [0.25, 0.3) is 22.3 Å². The van der Waals surface area contributed by atoms with Gasteiger partial charge in [-0.05, 0) is 31.4 Å². The normalized spacial score (nSPS) is 18.0. The third-order valence-corrected chi connectivity index (χ3v) is 8.80. The molecule has 2 aliphatic rings. The number of benzene rings is 1. The fourth-order valence-corrected chi connectivity index (χ4v) is 6.84. The Labute approximate surface area is 245 Å². The maximum absolute atomic E-state index is 11.7. The zero-order valence-electron chi connectivity index (χ0n) is 24.4. The number of nitrogens with one attached hydrogen (secondary N) is 1. The Morgan fingerprint density at radius 2 is 2.00 bits per heavy atom. The summed E-state index contributed by atoms with van der Waals surface area (Å²) < 4.78 is 1.90. The Balaban J connectivity index is 1.44. The van der Waals surface area contributed by atoms with E-state index in [1.807, 2.05) is 17.9 Å². The number of aromatic nitrogens is 5. The summed E-state index contributed by atoms with van der Waals surface area (Å²) in [5, 5.41) is 6.60. The van der Waals surface area contributed by atoms with Gasteiger partial charge in [-0.1, -0.05) is 37.6 Å². The predicted octanol–water partition coefficient (Wildman–Crippen LogP) is 4.00. The van der Waals surface area contributed by atoms with E-state index in [1.54, 1.807) is 0 Å². The number of fused-ring (bicyclic) bond motifs is 2. The number of H-pyrrole nitrogens is 1. The van der Waals surface area contributed by atoms with Crippen LogP contribution in [0, 0.1) is 6.92 Å². The highest BCUT2D eigenvalue weighted by molar-refractivity contribution is 6.33. The number of hydrogen-bond donors (Lipinski definition) is 2. The molecule has 11 heteroatoms. The number of amides is 1. The number of anilines is 2. The highest BCUT2D eigenvalue weighted by atomic mass is 35.5. The molecule has 4 aromatic rings. The van der Waals surface area contributed by atoms with Crippen LogP contribution >= 0.6 is 11.6 Å². The summed E-state index contributed by atoms with van der Waals surface area (Å²) in [6, 6.07) is 6.41. The van der Waals surface area contributed by atoms with Gasteiger partial charge in [0.1, 0.15) is 16.7 Å². The molecule has 216 valence electrons. The first-order valence-corrected chi connectivity index (χ1v) is 14.7. The molecule has 1 aromatic carbocycles. The summed E-state index contributed by atoms with van der Waals surface area (Å²) in [5.74, 6) is 2.56. The van der Waals surface area contributed by atoms with Crippen LogP contribution in [0.3, 0.4) is 0 Å². The molecule has 41 heavy (non-hydrogen) atoms. The molecule has 3 aromatic heterocycles. The number of carbonyl (C=O) groups is 1. The van der Waals surface area contributed by atoms with Gasteiger partial charge in [0.2, 0.25) is 5.91 Å². The molecule has 10 nitrogen and oxygen atoms in total. The van der Waals surface area contributed by atoms with Crippen molar-refractivity contribution < 1.29 is 4.79 Å². The van der Waals surface area contributed by atoms with E-state index in [2.05, 4.69) is 65.6 Å². The number of hydrogen-bond acceptors (Lipinski definition) is 7. The van der Waals surface area contributed by atoms with Crippen molar-refractivity contribution in [2.75, 3.05) is 42.5 Å². The second-order valence-electron chi connectivity index (χ2n) is 11.7. The number of carbonyl (C=O) groups excluding carboxylic acids is 1. The van der Waals surface area contributed by atoms with E-state index in [1.165, 1.54) is 5.56 Å². The maximum Gasteiger partial charge on any atom is 0.231 e. The minimum absolute atomic E-state index is 0.153. The van der Waals surface area contributed by atoms with Crippen LogP contribution < -0.4 is 15.5 Å². The van der Waals surface area contributed by atoms with E-state index in [0.717, 1.165) is 83.5 Å². The number of aryl methyl sites for hydroxylation is 2. The van der Waals surface area contributed by atoms with Crippen molar-refractivity contribution >= 4 is 40.0 Å². The Kier molecular flexibility index (Phi) is 7.15. The number of nitrogens with zero attached hydrogens (tertiary/aromatic N) is 7. The molecule has 1 unspecified atom stereocenters. The van der Waals surface area contributed by atoms with Crippen LogP contribution in [0.15, 0.2) is 24.4 Å². The van der Waals surface area contributed by atoms with Gasteiger partial charge in [0.05, 0.1) is 17.9 Å². The first-order valence-electron chi connectivity index (χ1n) is 14.3. The lowest BCUT2D eigenvalue weighted by Crippen LogP contribution is -2.54. The first-order chi connectivity index (χ1) is 19.6. The smallest absolute Gasteiger partial charge is 0.231 e. The molecule has 1 atom stereocenters. The molecular weight excluding hydrogens is 538 g/mol. The van der Waals surface area contributed by atoms with Crippen LogP contribution in [-0.4, -0.2) is 74.3 Å². The van der Waals surface area contributed by atoms with Gasteiger partial charge in [0.25, 0.3) is 0 Å². The fourth-order valence-electron chi connectivity index (χ4n) is 6.35. The number of primary amides is 1. The van der Waals surface area contributed by atoms with Crippen LogP contribution in [0.4, 0.5) is 11.6 Å². The zero-order chi connectivity index (χ0) is 29.0. The minimum atomic E-state index is -0.300. The standard InChI is InChI=1S/C30H38ClN9O/c1-17(2)27-26(31)30(37(5)36-27)40-10-9-22-21(15-40)29(39-12-11-38(16-24(32)41)19(4)14-39)35-28(34-22)20-7-6-8-23-25(20)18(3)13-33-23/h6-8,13,17,19,33H,9-12,14-16H2,1-5H3,(H2,32,41). The average molecular weight is 576 g/mol. The largest absolute Gasteiger partial charge is 0.369 e. The van der Waals surface area contributed by atoms with E-state index in [9.17, 15) is 4.79 Å². The van der Waals surface area contributed by atoms with Crippen molar-refractivity contribution in [3.8, 4) is 11.4 Å². The number of rotatable bonds is 6. The van der Waals surface area contributed by atoms with E-state index in [-0.39, 0.29) is 24.4 Å². The molecule has 1 fully saturated rings. The van der Waals surface area contributed by atoms with Crippen molar-refractivity contribution in [2.45, 2.75) is 52.6 Å². The van der Waals surface area contributed by atoms with E-state index in [0.29, 0.717) is 11.6 Å². The van der Waals surface area contributed by atoms with Crippen molar-refractivity contribution in [3.05, 3.63) is 51.9 Å². The van der Waals surface area contributed by atoms with Gasteiger partial charge in [-0.2, -0.15) is 5.10 Å². The Morgan fingerprint density at radius 3 is 2.71 bits per heavy atom. The number of piperazine rings is 1. The first kappa shape index (κ1) is 27.5.